The highest BCUT2D eigenvalue weighted by atomic mass is 35.5. The number of carbonyl (C=O) groups is 2. The first kappa shape index (κ1) is 21.8. The van der Waals surface area contributed by atoms with Gasteiger partial charge in [0.25, 0.3) is 5.91 Å². The number of amides is 2. The average molecular weight is 443 g/mol. The molecule has 2 aromatic carbocycles. The van der Waals surface area contributed by atoms with Gasteiger partial charge in [-0.15, -0.1) is 13.2 Å². The van der Waals surface area contributed by atoms with E-state index < -0.39 is 24.1 Å². The summed E-state index contributed by atoms with van der Waals surface area (Å²) in [5, 5.41) is 2.98. The Labute approximate surface area is 175 Å². The van der Waals surface area contributed by atoms with Crippen LogP contribution in [0.3, 0.4) is 0 Å². The molecule has 30 heavy (non-hydrogen) atoms. The molecule has 0 aromatic heterocycles. The summed E-state index contributed by atoms with van der Waals surface area (Å²) in [5.74, 6) is -0.880. The lowest BCUT2D eigenvalue weighted by Crippen LogP contribution is -2.43. The Morgan fingerprint density at radius 2 is 1.87 bits per heavy atom. The molecular weight excluding hydrogens is 425 g/mol. The van der Waals surface area contributed by atoms with Crippen LogP contribution in [0.1, 0.15) is 23.2 Å². The summed E-state index contributed by atoms with van der Waals surface area (Å²) in [6.45, 7) is 0.380. The van der Waals surface area contributed by atoms with Crippen molar-refractivity contribution in [1.29, 1.82) is 0 Å². The minimum Gasteiger partial charge on any atom is -0.496 e. The Hall–Kier alpha value is -2.94. The van der Waals surface area contributed by atoms with Gasteiger partial charge in [-0.05, 0) is 55.3 Å². The summed E-state index contributed by atoms with van der Waals surface area (Å²) < 4.78 is 45.8. The van der Waals surface area contributed by atoms with Crippen molar-refractivity contribution in [2.45, 2.75) is 25.2 Å². The molecule has 1 aliphatic heterocycles. The van der Waals surface area contributed by atoms with Gasteiger partial charge in [0, 0.05) is 17.3 Å². The van der Waals surface area contributed by atoms with Crippen LogP contribution >= 0.6 is 11.6 Å². The van der Waals surface area contributed by atoms with Crippen LogP contribution in [0.4, 0.5) is 18.9 Å². The highest BCUT2D eigenvalue weighted by molar-refractivity contribution is 6.31. The van der Waals surface area contributed by atoms with Crippen LogP contribution in [0.5, 0.6) is 11.5 Å². The molecule has 10 heteroatoms. The molecule has 1 heterocycles. The molecule has 1 fully saturated rings. The van der Waals surface area contributed by atoms with Crippen LogP contribution in [0.25, 0.3) is 0 Å². The number of hydrogen-bond acceptors (Lipinski definition) is 4. The van der Waals surface area contributed by atoms with Gasteiger partial charge in [-0.2, -0.15) is 0 Å². The quantitative estimate of drug-likeness (QED) is 0.740. The van der Waals surface area contributed by atoms with E-state index in [-0.39, 0.29) is 17.2 Å². The summed E-state index contributed by atoms with van der Waals surface area (Å²) in [4.78, 5) is 27.2. The van der Waals surface area contributed by atoms with E-state index in [2.05, 4.69) is 10.1 Å². The molecular formula is C20H18ClF3N2O4. The van der Waals surface area contributed by atoms with Crippen LogP contribution in [-0.2, 0) is 4.79 Å². The van der Waals surface area contributed by atoms with Crippen molar-refractivity contribution in [2.24, 2.45) is 0 Å². The molecule has 2 amide bonds. The number of likely N-dealkylation sites (tertiary alicyclic amines) is 1. The summed E-state index contributed by atoms with van der Waals surface area (Å²) in [6.07, 6.45) is -3.71. The van der Waals surface area contributed by atoms with Crippen molar-refractivity contribution >= 4 is 29.1 Å². The van der Waals surface area contributed by atoms with E-state index in [9.17, 15) is 22.8 Å². The number of methoxy groups -OCH3 is 1. The fourth-order valence-corrected chi connectivity index (χ4v) is 3.42. The zero-order chi connectivity index (χ0) is 21.9. The van der Waals surface area contributed by atoms with Gasteiger partial charge in [-0.25, -0.2) is 0 Å². The number of nitrogens with zero attached hydrogens (tertiary/aromatic N) is 1. The Kier molecular flexibility index (Phi) is 6.40. The molecule has 1 N–H and O–H groups in total. The first-order valence-corrected chi connectivity index (χ1v) is 9.37. The Bertz CT molecular complexity index is 935. The topological polar surface area (TPSA) is 67.9 Å². The smallest absolute Gasteiger partial charge is 0.496 e. The number of alkyl halides is 3. The first-order valence-electron chi connectivity index (χ1n) is 8.99. The van der Waals surface area contributed by atoms with Crippen molar-refractivity contribution in [1.82, 2.24) is 4.90 Å². The normalized spacial score (nSPS) is 16.3. The maximum Gasteiger partial charge on any atom is 0.573 e. The fourth-order valence-electron chi connectivity index (χ4n) is 3.25. The zero-order valence-electron chi connectivity index (χ0n) is 15.8. The minimum absolute atomic E-state index is 0.248. The van der Waals surface area contributed by atoms with Gasteiger partial charge in [0.15, 0.2) is 0 Å². The maximum atomic E-state index is 13.0. The summed E-state index contributed by atoms with van der Waals surface area (Å²) >= 11 is 6.00. The predicted octanol–water partition coefficient (Wildman–Crippen LogP) is 4.49. The van der Waals surface area contributed by atoms with Gasteiger partial charge in [0.05, 0.1) is 12.7 Å². The highest BCUT2D eigenvalue weighted by Gasteiger charge is 2.36. The molecule has 1 saturated heterocycles. The molecule has 0 radical (unpaired) electrons. The molecule has 2 aromatic rings. The van der Waals surface area contributed by atoms with Gasteiger partial charge in [-0.1, -0.05) is 11.6 Å². The molecule has 0 saturated carbocycles. The van der Waals surface area contributed by atoms with Crippen molar-refractivity contribution in [2.75, 3.05) is 19.0 Å². The lowest BCUT2D eigenvalue weighted by Gasteiger charge is -2.25. The van der Waals surface area contributed by atoms with E-state index in [0.717, 1.165) is 12.1 Å². The van der Waals surface area contributed by atoms with Gasteiger partial charge >= 0.3 is 6.36 Å². The number of hydrogen-bond donors (Lipinski definition) is 1. The number of benzene rings is 2. The molecule has 1 unspecified atom stereocenters. The third-order valence-electron chi connectivity index (χ3n) is 4.56. The predicted molar refractivity (Wildman–Crippen MR) is 104 cm³/mol. The average Bonchev–Trinajstić information content (AvgIpc) is 3.18. The zero-order valence-corrected chi connectivity index (χ0v) is 16.6. The number of nitrogens with one attached hydrogen (secondary N) is 1. The Balaban J connectivity index is 1.72. The van der Waals surface area contributed by atoms with Crippen molar-refractivity contribution in [3.05, 3.63) is 53.1 Å². The molecule has 160 valence electrons. The van der Waals surface area contributed by atoms with Crippen LogP contribution in [-0.4, -0.2) is 42.8 Å². The minimum atomic E-state index is -4.79. The lowest BCUT2D eigenvalue weighted by molar-refractivity contribution is -0.274. The van der Waals surface area contributed by atoms with E-state index >= 15 is 0 Å². The second-order valence-corrected chi connectivity index (χ2v) is 7.00. The van der Waals surface area contributed by atoms with Gasteiger partial charge in [0.1, 0.15) is 17.5 Å². The molecule has 0 aliphatic carbocycles. The van der Waals surface area contributed by atoms with E-state index in [1.165, 1.54) is 30.2 Å². The monoisotopic (exact) mass is 442 g/mol. The van der Waals surface area contributed by atoms with Crippen LogP contribution in [0.15, 0.2) is 42.5 Å². The highest BCUT2D eigenvalue weighted by Crippen LogP contribution is 2.29. The maximum absolute atomic E-state index is 13.0. The first-order chi connectivity index (χ1) is 14.2. The van der Waals surface area contributed by atoms with Crippen LogP contribution in [0.2, 0.25) is 5.02 Å². The van der Waals surface area contributed by atoms with Gasteiger partial charge in [0.2, 0.25) is 5.91 Å². The molecule has 6 nitrogen and oxygen atoms in total. The summed E-state index contributed by atoms with van der Waals surface area (Å²) in [5.41, 5.74) is 0.535. The number of halogens is 4. The van der Waals surface area contributed by atoms with Gasteiger partial charge in [-0.3, -0.25) is 9.59 Å². The number of anilines is 1. The largest absolute Gasteiger partial charge is 0.573 e. The van der Waals surface area contributed by atoms with E-state index in [4.69, 9.17) is 16.3 Å². The SMILES string of the molecule is COc1ccc(Cl)cc1C(=O)N1CCCC1C(=O)Nc1ccc(OC(F)(F)F)cc1. The third-order valence-corrected chi connectivity index (χ3v) is 4.80. The number of rotatable bonds is 5. The molecule has 0 spiro atoms. The third kappa shape index (κ3) is 5.15. The Morgan fingerprint density at radius 3 is 2.50 bits per heavy atom. The van der Waals surface area contributed by atoms with Crippen LogP contribution < -0.4 is 14.8 Å². The molecule has 3 rings (SSSR count). The molecule has 0 bridgehead atoms. The summed E-state index contributed by atoms with van der Waals surface area (Å²) in [6, 6.07) is 8.69. The lowest BCUT2D eigenvalue weighted by atomic mass is 10.1. The van der Waals surface area contributed by atoms with Crippen molar-refractivity contribution in [3.63, 3.8) is 0 Å². The van der Waals surface area contributed by atoms with E-state index in [1.807, 2.05) is 0 Å². The molecule has 1 atom stereocenters. The number of carbonyl (C=O) groups excluding carboxylic acids is 2. The molecule has 1 aliphatic rings. The number of ether oxygens (including phenoxy) is 2. The van der Waals surface area contributed by atoms with E-state index in [1.54, 1.807) is 12.1 Å². The Morgan fingerprint density at radius 1 is 1.17 bits per heavy atom. The van der Waals surface area contributed by atoms with Crippen molar-refractivity contribution < 1.29 is 32.2 Å². The van der Waals surface area contributed by atoms with Gasteiger partial charge < -0.3 is 19.7 Å². The van der Waals surface area contributed by atoms with Crippen molar-refractivity contribution in [3.8, 4) is 11.5 Å². The second-order valence-electron chi connectivity index (χ2n) is 6.56. The second kappa shape index (κ2) is 8.83. The van der Waals surface area contributed by atoms with E-state index in [0.29, 0.717) is 30.2 Å². The fraction of sp³-hybridized carbons (Fsp3) is 0.300. The standard InChI is InChI=1S/C20H18ClF3N2O4/c1-29-17-9-4-12(21)11-15(17)19(28)26-10-2-3-16(26)18(27)25-13-5-7-14(8-6-13)30-20(22,23)24/h4-9,11,16H,2-3,10H2,1H3,(H,25,27). The summed E-state index contributed by atoms with van der Waals surface area (Å²) in [7, 11) is 1.43. The van der Waals surface area contributed by atoms with Crippen LogP contribution in [0, 0.1) is 0 Å².